The fourth-order valence-electron chi connectivity index (χ4n) is 2.36. The minimum atomic E-state index is -3.64. The van der Waals surface area contributed by atoms with Crippen molar-refractivity contribution >= 4 is 21.6 Å². The normalized spacial score (nSPS) is 11.2. The molecule has 2 aromatic rings. The van der Waals surface area contributed by atoms with Gasteiger partial charge in [-0.15, -0.1) is 0 Å². The lowest BCUT2D eigenvalue weighted by Crippen LogP contribution is -2.28. The summed E-state index contributed by atoms with van der Waals surface area (Å²) in [5.74, 6) is 0.395. The second kappa shape index (κ2) is 10.2. The van der Waals surface area contributed by atoms with Crippen molar-refractivity contribution in [3.8, 4) is 5.75 Å². The van der Waals surface area contributed by atoms with Crippen LogP contribution >= 0.6 is 0 Å². The third kappa shape index (κ3) is 6.63. The smallest absolute Gasteiger partial charge is 0.240 e. The quantitative estimate of drug-likeness (QED) is 0.592. The van der Waals surface area contributed by atoms with Gasteiger partial charge in [-0.2, -0.15) is 0 Å². The van der Waals surface area contributed by atoms with Crippen LogP contribution in [0.15, 0.2) is 47.4 Å². The summed E-state index contributed by atoms with van der Waals surface area (Å²) in [5.41, 5.74) is 2.53. The van der Waals surface area contributed by atoms with E-state index in [1.165, 1.54) is 0 Å². The topological polar surface area (TPSA) is 93.7 Å². The summed E-state index contributed by atoms with van der Waals surface area (Å²) in [6.45, 7) is 4.73. The van der Waals surface area contributed by atoms with Crippen LogP contribution in [0.3, 0.4) is 0 Å². The van der Waals surface area contributed by atoms with Gasteiger partial charge in [0, 0.05) is 25.8 Å². The Kier molecular flexibility index (Phi) is 7.98. The summed E-state index contributed by atoms with van der Waals surface area (Å²) in [7, 11) is -2.04. The van der Waals surface area contributed by atoms with Gasteiger partial charge in [0.1, 0.15) is 12.4 Å². The molecule has 0 spiro atoms. The molecule has 0 atom stereocenters. The van der Waals surface area contributed by atoms with E-state index in [4.69, 9.17) is 9.47 Å². The largest absolute Gasteiger partial charge is 0.491 e. The number of aryl methyl sites for hydroxylation is 2. The summed E-state index contributed by atoms with van der Waals surface area (Å²) >= 11 is 0. The van der Waals surface area contributed by atoms with Crippen LogP contribution < -0.4 is 14.8 Å². The van der Waals surface area contributed by atoms with Gasteiger partial charge in [-0.05, 0) is 61.4 Å². The highest BCUT2D eigenvalue weighted by molar-refractivity contribution is 7.89. The molecular formula is C20H26N2O5S. The summed E-state index contributed by atoms with van der Waals surface area (Å²) in [6.07, 6.45) is 0.0240. The number of hydrogen-bond acceptors (Lipinski definition) is 5. The zero-order valence-electron chi connectivity index (χ0n) is 16.3. The third-order valence-corrected chi connectivity index (χ3v) is 5.59. The zero-order valence-corrected chi connectivity index (χ0v) is 17.1. The van der Waals surface area contributed by atoms with Crippen LogP contribution in [0.2, 0.25) is 0 Å². The van der Waals surface area contributed by atoms with Crippen molar-refractivity contribution in [1.82, 2.24) is 4.72 Å². The van der Waals surface area contributed by atoms with Crippen LogP contribution in [0, 0.1) is 13.8 Å². The van der Waals surface area contributed by atoms with E-state index in [-0.39, 0.29) is 23.8 Å². The van der Waals surface area contributed by atoms with Crippen molar-refractivity contribution < 1.29 is 22.7 Å². The Morgan fingerprint density at radius 3 is 2.36 bits per heavy atom. The number of sulfonamides is 1. The SMILES string of the molecule is COCCOc1ccc(NC(=O)CCNS(=O)(=O)c2ccc(C)c(C)c2)cc1. The van der Waals surface area contributed by atoms with Gasteiger partial charge < -0.3 is 14.8 Å². The number of ether oxygens (including phenoxy) is 2. The number of amides is 1. The van der Waals surface area contributed by atoms with E-state index < -0.39 is 10.0 Å². The van der Waals surface area contributed by atoms with Crippen molar-refractivity contribution in [3.05, 3.63) is 53.6 Å². The van der Waals surface area contributed by atoms with Crippen LogP contribution in [0.5, 0.6) is 5.75 Å². The molecule has 0 fully saturated rings. The molecule has 0 aliphatic rings. The standard InChI is InChI=1S/C20H26N2O5S/c1-15-4-9-19(14-16(15)2)28(24,25)21-11-10-20(23)22-17-5-7-18(8-6-17)27-13-12-26-3/h4-9,14,21H,10-13H2,1-3H3,(H,22,23). The molecule has 0 aromatic heterocycles. The Morgan fingerprint density at radius 2 is 1.71 bits per heavy atom. The molecule has 7 nitrogen and oxygen atoms in total. The molecule has 0 aliphatic heterocycles. The maximum atomic E-state index is 12.3. The molecule has 0 radical (unpaired) electrons. The molecule has 8 heteroatoms. The van der Waals surface area contributed by atoms with Crippen LogP contribution in [-0.4, -0.2) is 41.2 Å². The number of carbonyl (C=O) groups excluding carboxylic acids is 1. The Morgan fingerprint density at radius 1 is 1.00 bits per heavy atom. The number of methoxy groups -OCH3 is 1. The third-order valence-electron chi connectivity index (χ3n) is 4.13. The van der Waals surface area contributed by atoms with Crippen LogP contribution in [0.1, 0.15) is 17.5 Å². The summed E-state index contributed by atoms with van der Waals surface area (Å²) in [5, 5.41) is 2.72. The van der Waals surface area contributed by atoms with Gasteiger partial charge in [0.2, 0.25) is 15.9 Å². The molecule has 2 N–H and O–H groups in total. The van der Waals surface area contributed by atoms with Crippen molar-refractivity contribution in [2.45, 2.75) is 25.2 Å². The number of rotatable bonds is 10. The average Bonchev–Trinajstić information content (AvgIpc) is 2.65. The predicted octanol–water partition coefficient (Wildman–Crippen LogP) is 2.64. The first-order chi connectivity index (χ1) is 13.3. The lowest BCUT2D eigenvalue weighted by Gasteiger charge is -2.10. The maximum Gasteiger partial charge on any atom is 0.240 e. The lowest BCUT2D eigenvalue weighted by molar-refractivity contribution is -0.116. The number of anilines is 1. The molecule has 1 amide bonds. The van der Waals surface area contributed by atoms with E-state index in [0.29, 0.717) is 24.7 Å². The van der Waals surface area contributed by atoms with Gasteiger partial charge in [0.05, 0.1) is 11.5 Å². The van der Waals surface area contributed by atoms with E-state index in [1.807, 2.05) is 13.8 Å². The van der Waals surface area contributed by atoms with E-state index in [2.05, 4.69) is 10.0 Å². The molecule has 0 saturated heterocycles. The van der Waals surface area contributed by atoms with Crippen LogP contribution in [-0.2, 0) is 19.6 Å². The second-order valence-electron chi connectivity index (χ2n) is 6.31. The highest BCUT2D eigenvalue weighted by Gasteiger charge is 2.15. The molecule has 152 valence electrons. The zero-order chi connectivity index (χ0) is 20.6. The highest BCUT2D eigenvalue weighted by atomic mass is 32.2. The highest BCUT2D eigenvalue weighted by Crippen LogP contribution is 2.16. The Hall–Kier alpha value is -2.42. The van der Waals surface area contributed by atoms with Crippen LogP contribution in [0.25, 0.3) is 0 Å². The van der Waals surface area contributed by atoms with Gasteiger partial charge in [0.15, 0.2) is 0 Å². The van der Waals surface area contributed by atoms with Crippen molar-refractivity contribution in [3.63, 3.8) is 0 Å². The first-order valence-corrected chi connectivity index (χ1v) is 10.4. The number of carbonyl (C=O) groups is 1. The first kappa shape index (κ1) is 21.9. The number of benzene rings is 2. The van der Waals surface area contributed by atoms with Gasteiger partial charge >= 0.3 is 0 Å². The minimum Gasteiger partial charge on any atom is -0.491 e. The van der Waals surface area contributed by atoms with Crippen molar-refractivity contribution in [2.24, 2.45) is 0 Å². The molecule has 0 unspecified atom stereocenters. The predicted molar refractivity (Wildman–Crippen MR) is 108 cm³/mol. The molecule has 28 heavy (non-hydrogen) atoms. The van der Waals surface area contributed by atoms with E-state index in [9.17, 15) is 13.2 Å². The van der Waals surface area contributed by atoms with Crippen molar-refractivity contribution in [2.75, 3.05) is 32.2 Å². The Labute approximate surface area is 166 Å². The molecule has 0 bridgehead atoms. The number of hydrogen-bond donors (Lipinski definition) is 2. The average molecular weight is 407 g/mol. The van der Waals surface area contributed by atoms with Gasteiger partial charge in [-0.3, -0.25) is 4.79 Å². The fraction of sp³-hybridized carbons (Fsp3) is 0.350. The van der Waals surface area contributed by atoms with Gasteiger partial charge in [-0.1, -0.05) is 6.07 Å². The monoisotopic (exact) mass is 406 g/mol. The Bertz CT molecular complexity index is 895. The Balaban J connectivity index is 1.81. The fourth-order valence-corrected chi connectivity index (χ4v) is 3.48. The van der Waals surface area contributed by atoms with Gasteiger partial charge in [0.25, 0.3) is 0 Å². The number of nitrogens with one attached hydrogen (secondary N) is 2. The van der Waals surface area contributed by atoms with E-state index in [1.54, 1.807) is 49.6 Å². The molecule has 2 rings (SSSR count). The van der Waals surface area contributed by atoms with E-state index in [0.717, 1.165) is 11.1 Å². The molecular weight excluding hydrogens is 380 g/mol. The van der Waals surface area contributed by atoms with E-state index >= 15 is 0 Å². The van der Waals surface area contributed by atoms with Crippen LogP contribution in [0.4, 0.5) is 5.69 Å². The molecule has 0 heterocycles. The van der Waals surface area contributed by atoms with Gasteiger partial charge in [-0.25, -0.2) is 13.1 Å². The molecule has 2 aromatic carbocycles. The summed E-state index contributed by atoms with van der Waals surface area (Å²) < 4.78 is 37.4. The maximum absolute atomic E-state index is 12.3. The molecule has 0 saturated carbocycles. The first-order valence-electron chi connectivity index (χ1n) is 8.90. The lowest BCUT2D eigenvalue weighted by atomic mass is 10.1. The second-order valence-corrected chi connectivity index (χ2v) is 8.07. The minimum absolute atomic E-state index is 0.0132. The summed E-state index contributed by atoms with van der Waals surface area (Å²) in [4.78, 5) is 12.2. The van der Waals surface area contributed by atoms with Crippen molar-refractivity contribution in [1.29, 1.82) is 0 Å². The summed E-state index contributed by atoms with van der Waals surface area (Å²) in [6, 6.07) is 11.9. The molecule has 0 aliphatic carbocycles.